The number of nitrogens with zero attached hydrogens (tertiary/aromatic N) is 1. The highest BCUT2D eigenvalue weighted by atomic mass is 35.5. The van der Waals surface area contributed by atoms with Gasteiger partial charge in [-0.05, 0) is 54.1 Å². The number of alkyl halides is 2. The first-order chi connectivity index (χ1) is 10.5. The van der Waals surface area contributed by atoms with E-state index in [9.17, 15) is 13.6 Å². The van der Waals surface area contributed by atoms with Gasteiger partial charge >= 0.3 is 6.61 Å². The van der Waals surface area contributed by atoms with Gasteiger partial charge in [-0.25, -0.2) is 5.43 Å². The lowest BCUT2D eigenvalue weighted by Crippen LogP contribution is -2.17. The fourth-order valence-corrected chi connectivity index (χ4v) is 1.69. The number of carbonyl (C=O) groups excluding carboxylic acids is 1. The van der Waals surface area contributed by atoms with Crippen LogP contribution in [0.1, 0.15) is 15.9 Å². The van der Waals surface area contributed by atoms with E-state index in [0.717, 1.165) is 0 Å². The molecular weight excluding hydrogens is 314 g/mol. The first-order valence-electron chi connectivity index (χ1n) is 6.18. The van der Waals surface area contributed by atoms with E-state index in [1.165, 1.54) is 30.5 Å². The van der Waals surface area contributed by atoms with E-state index in [2.05, 4.69) is 15.3 Å². The van der Waals surface area contributed by atoms with Crippen LogP contribution >= 0.6 is 11.6 Å². The monoisotopic (exact) mass is 324 g/mol. The molecule has 0 heterocycles. The molecule has 0 aliphatic heterocycles. The van der Waals surface area contributed by atoms with Crippen molar-refractivity contribution in [1.82, 2.24) is 5.43 Å². The van der Waals surface area contributed by atoms with E-state index < -0.39 is 6.61 Å². The van der Waals surface area contributed by atoms with Crippen molar-refractivity contribution in [2.75, 3.05) is 0 Å². The minimum Gasteiger partial charge on any atom is -0.435 e. The quantitative estimate of drug-likeness (QED) is 0.673. The molecule has 114 valence electrons. The van der Waals surface area contributed by atoms with E-state index >= 15 is 0 Å². The van der Waals surface area contributed by atoms with Gasteiger partial charge in [0.2, 0.25) is 0 Å². The van der Waals surface area contributed by atoms with Crippen molar-refractivity contribution >= 4 is 23.7 Å². The fourth-order valence-electron chi connectivity index (χ4n) is 1.57. The number of nitrogens with one attached hydrogen (secondary N) is 1. The van der Waals surface area contributed by atoms with Crippen LogP contribution in [0.3, 0.4) is 0 Å². The van der Waals surface area contributed by atoms with Gasteiger partial charge in [0.25, 0.3) is 5.91 Å². The Labute approximate surface area is 130 Å². The zero-order valence-corrected chi connectivity index (χ0v) is 11.9. The average molecular weight is 325 g/mol. The molecule has 1 N–H and O–H groups in total. The third-order valence-corrected chi connectivity index (χ3v) is 2.84. The van der Waals surface area contributed by atoms with Crippen LogP contribution in [0.2, 0.25) is 5.02 Å². The maximum atomic E-state index is 12.0. The van der Waals surface area contributed by atoms with Crippen LogP contribution in [0, 0.1) is 0 Å². The Bertz CT molecular complexity index is 658. The van der Waals surface area contributed by atoms with Crippen LogP contribution < -0.4 is 10.2 Å². The highest BCUT2D eigenvalue weighted by molar-refractivity contribution is 6.30. The van der Waals surface area contributed by atoms with Gasteiger partial charge in [-0.1, -0.05) is 11.6 Å². The molecule has 0 bridgehead atoms. The van der Waals surface area contributed by atoms with Gasteiger partial charge in [0.1, 0.15) is 5.75 Å². The number of benzene rings is 2. The number of rotatable bonds is 5. The largest absolute Gasteiger partial charge is 0.435 e. The summed E-state index contributed by atoms with van der Waals surface area (Å²) in [5, 5.41) is 4.32. The summed E-state index contributed by atoms with van der Waals surface area (Å²) in [6, 6.07) is 12.2. The Hall–Kier alpha value is -2.47. The standard InChI is InChI=1S/C15H11ClF2N2O2/c16-12-5-3-11(4-6-12)14(21)20-19-9-10-1-7-13(8-2-10)22-15(17)18/h1-9,15H,(H,20,21)/b19-9-. The minimum absolute atomic E-state index is 0.0531. The topological polar surface area (TPSA) is 50.7 Å². The van der Waals surface area contributed by atoms with Crippen molar-refractivity contribution in [3.63, 3.8) is 0 Å². The number of hydrogen-bond donors (Lipinski definition) is 1. The number of carbonyl (C=O) groups is 1. The summed E-state index contributed by atoms with van der Waals surface area (Å²) in [5.41, 5.74) is 3.39. The Kier molecular flexibility index (Phi) is 5.43. The second-order valence-corrected chi connectivity index (χ2v) is 4.59. The molecule has 0 atom stereocenters. The number of hydrogen-bond acceptors (Lipinski definition) is 3. The summed E-state index contributed by atoms with van der Waals surface area (Å²) in [6.07, 6.45) is 1.39. The van der Waals surface area contributed by atoms with Crippen LogP contribution in [0.25, 0.3) is 0 Å². The third-order valence-electron chi connectivity index (χ3n) is 2.59. The zero-order valence-electron chi connectivity index (χ0n) is 11.2. The minimum atomic E-state index is -2.86. The second-order valence-electron chi connectivity index (χ2n) is 4.15. The van der Waals surface area contributed by atoms with Crippen LogP contribution in [-0.4, -0.2) is 18.7 Å². The highest BCUT2D eigenvalue weighted by Gasteiger charge is 2.04. The zero-order chi connectivity index (χ0) is 15.9. The van der Waals surface area contributed by atoms with Crippen molar-refractivity contribution in [3.05, 3.63) is 64.7 Å². The van der Waals surface area contributed by atoms with E-state index in [-0.39, 0.29) is 11.7 Å². The normalized spacial score (nSPS) is 10.9. The predicted octanol–water partition coefficient (Wildman–Crippen LogP) is 3.71. The predicted molar refractivity (Wildman–Crippen MR) is 79.6 cm³/mol. The number of hydrazone groups is 1. The van der Waals surface area contributed by atoms with Gasteiger partial charge in [0.15, 0.2) is 0 Å². The molecular formula is C15H11ClF2N2O2. The van der Waals surface area contributed by atoms with Gasteiger partial charge in [-0.2, -0.15) is 13.9 Å². The maximum absolute atomic E-state index is 12.0. The molecule has 2 rings (SSSR count). The summed E-state index contributed by atoms with van der Waals surface area (Å²) in [7, 11) is 0. The van der Waals surface area contributed by atoms with E-state index in [1.807, 2.05) is 0 Å². The van der Waals surface area contributed by atoms with Crippen LogP contribution in [-0.2, 0) is 0 Å². The molecule has 0 aromatic heterocycles. The van der Waals surface area contributed by atoms with E-state index in [0.29, 0.717) is 16.1 Å². The van der Waals surface area contributed by atoms with Gasteiger partial charge in [0.05, 0.1) is 6.21 Å². The summed E-state index contributed by atoms with van der Waals surface area (Å²) in [4.78, 5) is 11.8. The summed E-state index contributed by atoms with van der Waals surface area (Å²) < 4.78 is 28.2. The fraction of sp³-hybridized carbons (Fsp3) is 0.0667. The third kappa shape index (κ3) is 4.82. The molecule has 0 saturated carbocycles. The molecule has 0 aliphatic rings. The van der Waals surface area contributed by atoms with Crippen LogP contribution in [0.15, 0.2) is 53.6 Å². The van der Waals surface area contributed by atoms with Crippen molar-refractivity contribution in [1.29, 1.82) is 0 Å². The Morgan fingerprint density at radius 2 is 1.77 bits per heavy atom. The number of amides is 1. The average Bonchev–Trinajstić information content (AvgIpc) is 2.49. The molecule has 2 aromatic rings. The summed E-state index contributed by atoms with van der Waals surface area (Å²) >= 11 is 5.73. The smallest absolute Gasteiger partial charge is 0.387 e. The van der Waals surface area contributed by atoms with Gasteiger partial charge < -0.3 is 4.74 Å². The van der Waals surface area contributed by atoms with Crippen molar-refractivity contribution in [2.24, 2.45) is 5.10 Å². The van der Waals surface area contributed by atoms with E-state index in [1.54, 1.807) is 24.3 Å². The van der Waals surface area contributed by atoms with Crippen molar-refractivity contribution in [3.8, 4) is 5.75 Å². The molecule has 0 spiro atoms. The lowest BCUT2D eigenvalue weighted by atomic mass is 10.2. The Balaban J connectivity index is 1.91. The first kappa shape index (κ1) is 15.9. The van der Waals surface area contributed by atoms with Crippen molar-refractivity contribution < 1.29 is 18.3 Å². The Morgan fingerprint density at radius 1 is 1.14 bits per heavy atom. The number of halogens is 3. The van der Waals surface area contributed by atoms with Gasteiger partial charge in [-0.15, -0.1) is 0 Å². The van der Waals surface area contributed by atoms with E-state index in [4.69, 9.17) is 11.6 Å². The summed E-state index contributed by atoms with van der Waals surface area (Å²) in [6.45, 7) is -2.86. The Morgan fingerprint density at radius 3 is 2.36 bits per heavy atom. The molecule has 0 aliphatic carbocycles. The highest BCUT2D eigenvalue weighted by Crippen LogP contribution is 2.14. The van der Waals surface area contributed by atoms with Gasteiger partial charge in [0, 0.05) is 10.6 Å². The second kappa shape index (κ2) is 7.51. The lowest BCUT2D eigenvalue weighted by molar-refractivity contribution is -0.0498. The first-order valence-corrected chi connectivity index (χ1v) is 6.56. The molecule has 4 nitrogen and oxygen atoms in total. The molecule has 2 aromatic carbocycles. The molecule has 0 radical (unpaired) electrons. The van der Waals surface area contributed by atoms with Crippen LogP contribution in [0.4, 0.5) is 8.78 Å². The van der Waals surface area contributed by atoms with Crippen LogP contribution in [0.5, 0.6) is 5.75 Å². The van der Waals surface area contributed by atoms with Gasteiger partial charge in [-0.3, -0.25) is 4.79 Å². The molecule has 7 heteroatoms. The summed E-state index contributed by atoms with van der Waals surface area (Å²) in [5.74, 6) is -0.331. The maximum Gasteiger partial charge on any atom is 0.387 e. The molecule has 22 heavy (non-hydrogen) atoms. The lowest BCUT2D eigenvalue weighted by Gasteiger charge is -2.03. The molecule has 0 fully saturated rings. The molecule has 0 saturated heterocycles. The SMILES string of the molecule is O=C(N/N=C\c1ccc(OC(F)F)cc1)c1ccc(Cl)cc1. The van der Waals surface area contributed by atoms with Crippen molar-refractivity contribution in [2.45, 2.75) is 6.61 Å². The molecule has 1 amide bonds. The molecule has 0 unspecified atom stereocenters. The number of ether oxygens (including phenoxy) is 1.